The second kappa shape index (κ2) is 4.10. The largest absolute Gasteiger partial charge is 0.396 e. The Morgan fingerprint density at radius 3 is 2.36 bits per heavy atom. The average Bonchev–Trinajstić information content (AvgIpc) is 2.80. The van der Waals surface area contributed by atoms with Gasteiger partial charge in [-0.25, -0.2) is 0 Å². The maximum Gasteiger partial charge on any atom is 0.0487 e. The fourth-order valence-electron chi connectivity index (χ4n) is 1.59. The average molecular weight is 156 g/mol. The van der Waals surface area contributed by atoms with Crippen molar-refractivity contribution < 1.29 is 5.11 Å². The molecule has 1 nitrogen and oxygen atoms in total. The van der Waals surface area contributed by atoms with Crippen molar-refractivity contribution in [2.45, 2.75) is 51.9 Å². The van der Waals surface area contributed by atoms with Gasteiger partial charge in [-0.05, 0) is 24.7 Å². The highest BCUT2D eigenvalue weighted by atomic mass is 16.3. The second-order valence-corrected chi connectivity index (χ2v) is 3.97. The van der Waals surface area contributed by atoms with Crippen LogP contribution in [0.4, 0.5) is 0 Å². The van der Waals surface area contributed by atoms with Crippen LogP contribution in [0.1, 0.15) is 51.9 Å². The highest BCUT2D eigenvalue weighted by molar-refractivity contribution is 4.91. The second-order valence-electron chi connectivity index (χ2n) is 3.97. The van der Waals surface area contributed by atoms with Gasteiger partial charge in [0.1, 0.15) is 0 Å². The first-order valence-electron chi connectivity index (χ1n) is 4.94. The first-order chi connectivity index (χ1) is 5.33. The molecule has 1 fully saturated rings. The smallest absolute Gasteiger partial charge is 0.0487 e. The highest BCUT2D eigenvalue weighted by Crippen LogP contribution is 2.49. The minimum Gasteiger partial charge on any atom is -0.396 e. The van der Waals surface area contributed by atoms with Gasteiger partial charge in [-0.1, -0.05) is 32.6 Å². The van der Waals surface area contributed by atoms with Crippen molar-refractivity contribution in [3.05, 3.63) is 0 Å². The maximum atomic E-state index is 9.01. The first-order valence-corrected chi connectivity index (χ1v) is 4.94. The van der Waals surface area contributed by atoms with Crippen LogP contribution in [-0.4, -0.2) is 11.7 Å². The van der Waals surface area contributed by atoms with Gasteiger partial charge in [0.25, 0.3) is 0 Å². The Morgan fingerprint density at radius 2 is 1.91 bits per heavy atom. The van der Waals surface area contributed by atoms with E-state index in [1.165, 1.54) is 44.9 Å². The van der Waals surface area contributed by atoms with Crippen molar-refractivity contribution in [3.63, 3.8) is 0 Å². The molecule has 1 heteroatoms. The van der Waals surface area contributed by atoms with Crippen LogP contribution in [0.3, 0.4) is 0 Å². The van der Waals surface area contributed by atoms with Crippen molar-refractivity contribution in [1.82, 2.24) is 0 Å². The van der Waals surface area contributed by atoms with Crippen LogP contribution in [0.15, 0.2) is 0 Å². The third kappa shape index (κ3) is 2.82. The van der Waals surface area contributed by atoms with Crippen LogP contribution in [-0.2, 0) is 0 Å². The molecule has 0 heterocycles. The van der Waals surface area contributed by atoms with Gasteiger partial charge in [-0.2, -0.15) is 0 Å². The molecule has 1 aliphatic carbocycles. The van der Waals surface area contributed by atoms with E-state index < -0.39 is 0 Å². The van der Waals surface area contributed by atoms with Gasteiger partial charge in [-0.15, -0.1) is 0 Å². The van der Waals surface area contributed by atoms with Crippen LogP contribution in [0.2, 0.25) is 0 Å². The zero-order chi connectivity index (χ0) is 8.16. The topological polar surface area (TPSA) is 20.2 Å². The lowest BCUT2D eigenvalue weighted by Crippen LogP contribution is -2.05. The summed E-state index contributed by atoms with van der Waals surface area (Å²) in [5, 5.41) is 9.01. The van der Waals surface area contributed by atoms with Crippen LogP contribution < -0.4 is 0 Å². The van der Waals surface area contributed by atoms with Gasteiger partial charge in [0.2, 0.25) is 0 Å². The Labute approximate surface area is 69.8 Å². The molecule has 0 aromatic carbocycles. The molecule has 0 spiro atoms. The lowest BCUT2D eigenvalue weighted by molar-refractivity contribution is 0.200. The van der Waals surface area contributed by atoms with Gasteiger partial charge < -0.3 is 5.11 Å². The lowest BCUT2D eigenvalue weighted by atomic mass is 9.99. The Kier molecular flexibility index (Phi) is 3.38. The summed E-state index contributed by atoms with van der Waals surface area (Å²) in [7, 11) is 0. The molecule has 1 rings (SSSR count). The van der Waals surface area contributed by atoms with E-state index in [2.05, 4.69) is 6.92 Å². The molecule has 0 aliphatic heterocycles. The molecule has 1 saturated carbocycles. The molecule has 1 N–H and O–H groups in total. The number of hydrogen-bond donors (Lipinski definition) is 1. The molecule has 0 amide bonds. The molecule has 66 valence electrons. The molecule has 0 aromatic heterocycles. The van der Waals surface area contributed by atoms with Crippen LogP contribution in [0.25, 0.3) is 0 Å². The molecule has 0 saturated heterocycles. The molecule has 1 aliphatic rings. The fourth-order valence-corrected chi connectivity index (χ4v) is 1.59. The molecular formula is C10H20O. The van der Waals surface area contributed by atoms with Crippen molar-refractivity contribution >= 4 is 0 Å². The zero-order valence-electron chi connectivity index (χ0n) is 7.60. The third-order valence-electron chi connectivity index (χ3n) is 2.85. The molecule has 0 bridgehead atoms. The summed E-state index contributed by atoms with van der Waals surface area (Å²) >= 11 is 0. The van der Waals surface area contributed by atoms with Crippen LogP contribution in [0.5, 0.6) is 0 Å². The van der Waals surface area contributed by atoms with E-state index in [-0.39, 0.29) is 0 Å². The van der Waals surface area contributed by atoms with Crippen LogP contribution in [0, 0.1) is 5.41 Å². The van der Waals surface area contributed by atoms with E-state index in [0.29, 0.717) is 12.0 Å². The summed E-state index contributed by atoms with van der Waals surface area (Å²) in [6, 6.07) is 0. The number of hydrogen-bond acceptors (Lipinski definition) is 1. The summed E-state index contributed by atoms with van der Waals surface area (Å²) in [4.78, 5) is 0. The van der Waals surface area contributed by atoms with E-state index in [1.807, 2.05) is 0 Å². The fraction of sp³-hybridized carbons (Fsp3) is 1.00. The molecule has 0 aromatic rings. The van der Waals surface area contributed by atoms with Crippen molar-refractivity contribution in [3.8, 4) is 0 Å². The normalized spacial score (nSPS) is 20.2. The van der Waals surface area contributed by atoms with E-state index >= 15 is 0 Å². The van der Waals surface area contributed by atoms with E-state index in [9.17, 15) is 0 Å². The summed E-state index contributed by atoms with van der Waals surface area (Å²) in [5.74, 6) is 0. The van der Waals surface area contributed by atoms with Gasteiger partial charge in [0.15, 0.2) is 0 Å². The third-order valence-corrected chi connectivity index (χ3v) is 2.85. The SMILES string of the molecule is CCCCCCC1(CO)CC1. The molecular weight excluding hydrogens is 136 g/mol. The van der Waals surface area contributed by atoms with Gasteiger partial charge in [-0.3, -0.25) is 0 Å². The number of aliphatic hydroxyl groups excluding tert-OH is 1. The lowest BCUT2D eigenvalue weighted by Gasteiger charge is -2.09. The standard InChI is InChI=1S/C10H20O/c1-2-3-4-5-6-10(9-11)7-8-10/h11H,2-9H2,1H3. The molecule has 0 unspecified atom stereocenters. The number of rotatable bonds is 6. The van der Waals surface area contributed by atoms with Crippen LogP contribution >= 0.6 is 0 Å². The van der Waals surface area contributed by atoms with Gasteiger partial charge in [0, 0.05) is 6.61 Å². The molecule has 0 atom stereocenters. The summed E-state index contributed by atoms with van der Waals surface area (Å²) in [6.45, 7) is 2.66. The van der Waals surface area contributed by atoms with E-state index in [4.69, 9.17) is 5.11 Å². The Hall–Kier alpha value is -0.0400. The minimum absolute atomic E-state index is 0.397. The maximum absolute atomic E-state index is 9.01. The van der Waals surface area contributed by atoms with Crippen molar-refractivity contribution in [2.24, 2.45) is 5.41 Å². The zero-order valence-corrected chi connectivity index (χ0v) is 7.60. The number of unbranched alkanes of at least 4 members (excludes halogenated alkanes) is 3. The monoisotopic (exact) mass is 156 g/mol. The molecule has 11 heavy (non-hydrogen) atoms. The quantitative estimate of drug-likeness (QED) is 0.586. The predicted octanol–water partition coefficient (Wildman–Crippen LogP) is 2.73. The Morgan fingerprint density at radius 1 is 1.18 bits per heavy atom. The Bertz CT molecular complexity index is 105. The summed E-state index contributed by atoms with van der Waals surface area (Å²) in [5.41, 5.74) is 0.397. The Balaban J connectivity index is 1.94. The number of aliphatic hydroxyl groups is 1. The molecule has 0 radical (unpaired) electrons. The first kappa shape index (κ1) is 9.05. The minimum atomic E-state index is 0.397. The van der Waals surface area contributed by atoms with E-state index in [0.717, 1.165) is 0 Å². The predicted molar refractivity (Wildman–Crippen MR) is 47.5 cm³/mol. The summed E-state index contributed by atoms with van der Waals surface area (Å²) < 4.78 is 0. The highest BCUT2D eigenvalue weighted by Gasteiger charge is 2.40. The van der Waals surface area contributed by atoms with Crippen molar-refractivity contribution in [2.75, 3.05) is 6.61 Å². The summed E-state index contributed by atoms with van der Waals surface area (Å²) in [6.07, 6.45) is 9.18. The van der Waals surface area contributed by atoms with Crippen molar-refractivity contribution in [1.29, 1.82) is 0 Å². The van der Waals surface area contributed by atoms with Gasteiger partial charge >= 0.3 is 0 Å². The van der Waals surface area contributed by atoms with E-state index in [1.54, 1.807) is 0 Å². The van der Waals surface area contributed by atoms with Gasteiger partial charge in [0.05, 0.1) is 0 Å².